The Morgan fingerprint density at radius 3 is 2.67 bits per heavy atom. The lowest BCUT2D eigenvalue weighted by Crippen LogP contribution is -1.97. The summed E-state index contributed by atoms with van der Waals surface area (Å²) in [5, 5.41) is 10.9. The molecule has 0 radical (unpaired) electrons. The van der Waals surface area contributed by atoms with Crippen molar-refractivity contribution in [3.05, 3.63) is 53.6 Å². The van der Waals surface area contributed by atoms with Gasteiger partial charge in [0, 0.05) is 15.4 Å². The van der Waals surface area contributed by atoms with Gasteiger partial charge in [0.15, 0.2) is 5.75 Å². The van der Waals surface area contributed by atoms with Crippen molar-refractivity contribution in [2.75, 3.05) is 0 Å². The van der Waals surface area contributed by atoms with Crippen LogP contribution < -0.4 is 4.74 Å². The zero-order valence-corrected chi connectivity index (χ0v) is 12.9. The van der Waals surface area contributed by atoms with Crippen molar-refractivity contribution in [3.63, 3.8) is 0 Å². The number of hydrogen-bond acceptors (Lipinski definition) is 4. The fraction of sp³-hybridized carbons (Fsp3) is 0.0909. The van der Waals surface area contributed by atoms with Crippen LogP contribution in [0.5, 0.6) is 5.75 Å². The van der Waals surface area contributed by atoms with Gasteiger partial charge in [-0.05, 0) is 40.2 Å². The standard InChI is InChI=1S/C11H7Br2NO3S/c12-7-1-3-10(9(5-7)14(15)16)17-6-8-2-4-11(13)18-8/h1-5H,6H2. The molecule has 1 heterocycles. The first-order chi connectivity index (χ1) is 8.56. The lowest BCUT2D eigenvalue weighted by atomic mass is 10.3. The smallest absolute Gasteiger partial charge is 0.312 e. The minimum absolute atomic E-state index is 0.0417. The molecule has 0 bridgehead atoms. The molecule has 0 spiro atoms. The molecule has 2 rings (SSSR count). The predicted octanol–water partition coefficient (Wildman–Crippen LogP) is 4.76. The molecule has 0 saturated carbocycles. The maximum Gasteiger partial charge on any atom is 0.312 e. The molecule has 0 aliphatic carbocycles. The molecule has 0 aliphatic heterocycles. The summed E-state index contributed by atoms with van der Waals surface area (Å²) >= 11 is 8.09. The van der Waals surface area contributed by atoms with E-state index < -0.39 is 4.92 Å². The van der Waals surface area contributed by atoms with Crippen molar-refractivity contribution in [1.82, 2.24) is 0 Å². The maximum absolute atomic E-state index is 10.9. The Morgan fingerprint density at radius 1 is 1.28 bits per heavy atom. The van der Waals surface area contributed by atoms with E-state index in [1.807, 2.05) is 12.1 Å². The molecule has 1 aromatic carbocycles. The molecule has 0 atom stereocenters. The number of rotatable bonds is 4. The molecule has 7 heteroatoms. The number of thiophene rings is 1. The zero-order chi connectivity index (χ0) is 13.1. The second-order valence-corrected chi connectivity index (χ2v) is 6.83. The van der Waals surface area contributed by atoms with Crippen LogP contribution in [0.2, 0.25) is 0 Å². The lowest BCUT2D eigenvalue weighted by molar-refractivity contribution is -0.386. The molecule has 4 nitrogen and oxygen atoms in total. The predicted molar refractivity (Wildman–Crippen MR) is 77.1 cm³/mol. The van der Waals surface area contributed by atoms with E-state index in [-0.39, 0.29) is 11.4 Å². The maximum atomic E-state index is 10.9. The highest BCUT2D eigenvalue weighted by Gasteiger charge is 2.15. The Hall–Kier alpha value is -0.920. The summed E-state index contributed by atoms with van der Waals surface area (Å²) in [4.78, 5) is 11.4. The van der Waals surface area contributed by atoms with E-state index in [1.54, 1.807) is 12.1 Å². The summed E-state index contributed by atoms with van der Waals surface area (Å²) in [6.45, 7) is 0.318. The van der Waals surface area contributed by atoms with Gasteiger partial charge in [0.05, 0.1) is 8.71 Å². The highest BCUT2D eigenvalue weighted by atomic mass is 79.9. The van der Waals surface area contributed by atoms with Gasteiger partial charge in [-0.1, -0.05) is 15.9 Å². The molecule has 0 aliphatic rings. The number of ether oxygens (including phenoxy) is 1. The van der Waals surface area contributed by atoms with Crippen molar-refractivity contribution in [3.8, 4) is 5.75 Å². The first kappa shape index (κ1) is 13.5. The third-order valence-electron chi connectivity index (χ3n) is 2.12. The molecule has 94 valence electrons. The second kappa shape index (κ2) is 5.81. The van der Waals surface area contributed by atoms with E-state index in [0.717, 1.165) is 8.66 Å². The van der Waals surface area contributed by atoms with Gasteiger partial charge in [0.2, 0.25) is 0 Å². The quantitative estimate of drug-likeness (QED) is 0.556. The van der Waals surface area contributed by atoms with Crippen LogP contribution in [0.15, 0.2) is 38.6 Å². The summed E-state index contributed by atoms with van der Waals surface area (Å²) in [6, 6.07) is 8.57. The molecule has 18 heavy (non-hydrogen) atoms. The largest absolute Gasteiger partial charge is 0.481 e. The van der Waals surface area contributed by atoms with Gasteiger partial charge >= 0.3 is 5.69 Å². The van der Waals surface area contributed by atoms with Crippen LogP contribution in [0.25, 0.3) is 0 Å². The van der Waals surface area contributed by atoms with Crippen LogP contribution in [0.3, 0.4) is 0 Å². The van der Waals surface area contributed by atoms with Gasteiger partial charge in [0.1, 0.15) is 6.61 Å². The summed E-state index contributed by atoms with van der Waals surface area (Å²) < 4.78 is 7.14. The molecule has 0 amide bonds. The zero-order valence-electron chi connectivity index (χ0n) is 8.93. The third kappa shape index (κ3) is 3.30. The van der Waals surface area contributed by atoms with Gasteiger partial charge in [-0.2, -0.15) is 0 Å². The Labute approximate surface area is 124 Å². The Bertz CT molecular complexity index is 585. The van der Waals surface area contributed by atoms with Crippen LogP contribution >= 0.6 is 43.2 Å². The van der Waals surface area contributed by atoms with Crippen molar-refractivity contribution in [1.29, 1.82) is 0 Å². The number of nitro groups is 1. The van der Waals surface area contributed by atoms with Crippen LogP contribution in [0, 0.1) is 10.1 Å². The first-order valence-corrected chi connectivity index (χ1v) is 7.27. The van der Waals surface area contributed by atoms with E-state index in [9.17, 15) is 10.1 Å². The molecule has 0 unspecified atom stereocenters. The van der Waals surface area contributed by atoms with Crippen molar-refractivity contribution >= 4 is 48.9 Å². The minimum Gasteiger partial charge on any atom is -0.481 e. The summed E-state index contributed by atoms with van der Waals surface area (Å²) in [5.41, 5.74) is -0.0417. The normalized spacial score (nSPS) is 10.3. The fourth-order valence-electron chi connectivity index (χ4n) is 1.33. The number of halogens is 2. The van der Waals surface area contributed by atoms with Gasteiger partial charge in [-0.25, -0.2) is 0 Å². The van der Waals surface area contributed by atoms with Crippen molar-refractivity contribution < 1.29 is 9.66 Å². The molecule has 2 aromatic rings. The lowest BCUT2D eigenvalue weighted by Gasteiger charge is -2.05. The topological polar surface area (TPSA) is 52.4 Å². The fourth-order valence-corrected chi connectivity index (χ4v) is 3.08. The van der Waals surface area contributed by atoms with Crippen LogP contribution in [0.1, 0.15) is 4.88 Å². The number of benzene rings is 1. The molecule has 1 aromatic heterocycles. The third-order valence-corrected chi connectivity index (χ3v) is 4.21. The Morgan fingerprint density at radius 2 is 2.06 bits per heavy atom. The van der Waals surface area contributed by atoms with E-state index in [1.165, 1.54) is 17.4 Å². The van der Waals surface area contributed by atoms with E-state index in [4.69, 9.17) is 4.74 Å². The van der Waals surface area contributed by atoms with Gasteiger partial charge in [-0.3, -0.25) is 10.1 Å². The number of nitrogens with zero attached hydrogens (tertiary/aromatic N) is 1. The Kier molecular flexibility index (Phi) is 4.36. The van der Waals surface area contributed by atoms with Crippen molar-refractivity contribution in [2.24, 2.45) is 0 Å². The monoisotopic (exact) mass is 391 g/mol. The average Bonchev–Trinajstić information content (AvgIpc) is 2.73. The average molecular weight is 393 g/mol. The highest BCUT2D eigenvalue weighted by molar-refractivity contribution is 9.11. The van der Waals surface area contributed by atoms with E-state index >= 15 is 0 Å². The summed E-state index contributed by atoms with van der Waals surface area (Å²) in [5.74, 6) is 0.271. The van der Waals surface area contributed by atoms with Gasteiger partial charge in [-0.15, -0.1) is 11.3 Å². The molecular formula is C11H7Br2NO3S. The molecule has 0 fully saturated rings. The van der Waals surface area contributed by atoms with Crippen LogP contribution in [-0.4, -0.2) is 4.92 Å². The molecule has 0 saturated heterocycles. The summed E-state index contributed by atoms with van der Waals surface area (Å²) in [6.07, 6.45) is 0. The van der Waals surface area contributed by atoms with Crippen LogP contribution in [-0.2, 0) is 6.61 Å². The van der Waals surface area contributed by atoms with E-state index in [2.05, 4.69) is 31.9 Å². The Balaban J connectivity index is 2.16. The minimum atomic E-state index is -0.454. The van der Waals surface area contributed by atoms with Gasteiger partial charge in [0.25, 0.3) is 0 Å². The van der Waals surface area contributed by atoms with Crippen LogP contribution in [0.4, 0.5) is 5.69 Å². The summed E-state index contributed by atoms with van der Waals surface area (Å²) in [7, 11) is 0. The second-order valence-electron chi connectivity index (χ2n) is 3.36. The van der Waals surface area contributed by atoms with Crippen molar-refractivity contribution in [2.45, 2.75) is 6.61 Å². The number of nitro benzene ring substituents is 1. The van der Waals surface area contributed by atoms with E-state index in [0.29, 0.717) is 11.1 Å². The highest BCUT2D eigenvalue weighted by Crippen LogP contribution is 2.31. The SMILES string of the molecule is O=[N+]([O-])c1cc(Br)ccc1OCc1ccc(Br)s1. The van der Waals surface area contributed by atoms with Gasteiger partial charge < -0.3 is 4.74 Å². The number of hydrogen-bond donors (Lipinski definition) is 0. The molecule has 0 N–H and O–H groups in total. The molecular weight excluding hydrogens is 386 g/mol. The first-order valence-electron chi connectivity index (χ1n) is 4.87.